The minimum Gasteiger partial charge on any atom is -0.384 e. The monoisotopic (exact) mass is 260 g/mol. The molecular weight excluding hydrogens is 244 g/mol. The summed E-state index contributed by atoms with van der Waals surface area (Å²) in [5, 5.41) is 11.4. The molecule has 0 saturated carbocycles. The molecular formula is C14H16N2O3. The minimum atomic E-state index is -0.408. The molecule has 0 spiro atoms. The Morgan fingerprint density at radius 2 is 2.53 bits per heavy atom. The Morgan fingerprint density at radius 3 is 3.21 bits per heavy atom. The number of hydrogen-bond donors (Lipinski definition) is 2. The van der Waals surface area contributed by atoms with Gasteiger partial charge in [-0.1, -0.05) is 18.8 Å². The van der Waals surface area contributed by atoms with E-state index in [-0.39, 0.29) is 18.4 Å². The lowest BCUT2D eigenvalue weighted by atomic mass is 10.0. The van der Waals surface area contributed by atoms with Crippen LogP contribution >= 0.6 is 0 Å². The van der Waals surface area contributed by atoms with Crippen molar-refractivity contribution < 1.29 is 14.6 Å². The zero-order valence-electron chi connectivity index (χ0n) is 10.7. The first kappa shape index (κ1) is 13.5. The molecule has 0 radical (unpaired) electrons. The Balaban J connectivity index is 2.04. The highest BCUT2D eigenvalue weighted by molar-refractivity contribution is 5.93. The first-order valence-corrected chi connectivity index (χ1v) is 6.19. The Bertz CT molecular complexity index is 519. The summed E-state index contributed by atoms with van der Waals surface area (Å²) in [5.74, 6) is 5.80. The van der Waals surface area contributed by atoms with Crippen LogP contribution in [0.5, 0.6) is 0 Å². The lowest BCUT2D eigenvalue weighted by Crippen LogP contribution is -2.31. The summed E-state index contributed by atoms with van der Waals surface area (Å²) in [5.41, 5.74) is 0.694. The predicted molar refractivity (Wildman–Crippen MR) is 70.4 cm³/mol. The van der Waals surface area contributed by atoms with Gasteiger partial charge >= 0.3 is 0 Å². The Kier molecular flexibility index (Phi) is 4.50. The molecule has 1 aromatic heterocycles. The molecule has 2 heterocycles. The highest BCUT2D eigenvalue weighted by Gasteiger charge is 2.30. The van der Waals surface area contributed by atoms with E-state index in [0.29, 0.717) is 18.0 Å². The molecule has 0 aliphatic carbocycles. The molecule has 1 aliphatic rings. The highest BCUT2D eigenvalue weighted by Crippen LogP contribution is 2.21. The van der Waals surface area contributed by atoms with Crippen LogP contribution in [0.3, 0.4) is 0 Å². The van der Waals surface area contributed by atoms with Crippen LogP contribution in [0.1, 0.15) is 18.9 Å². The number of amides is 1. The van der Waals surface area contributed by atoms with Crippen molar-refractivity contribution in [1.82, 2.24) is 4.98 Å². The largest absolute Gasteiger partial charge is 0.384 e. The summed E-state index contributed by atoms with van der Waals surface area (Å²) in [7, 11) is 0. The summed E-state index contributed by atoms with van der Waals surface area (Å²) in [6.07, 6.45) is 2.05. The van der Waals surface area contributed by atoms with E-state index in [9.17, 15) is 4.79 Å². The Hall–Kier alpha value is -1.90. The van der Waals surface area contributed by atoms with E-state index in [1.54, 1.807) is 18.3 Å². The summed E-state index contributed by atoms with van der Waals surface area (Å²) in [4.78, 5) is 16.1. The molecule has 19 heavy (non-hydrogen) atoms. The van der Waals surface area contributed by atoms with E-state index in [2.05, 4.69) is 22.1 Å². The summed E-state index contributed by atoms with van der Waals surface area (Å²) in [6, 6.07) is 3.38. The number of anilines is 1. The number of aromatic nitrogens is 1. The molecule has 2 unspecified atom stereocenters. The summed E-state index contributed by atoms with van der Waals surface area (Å²) in [6.45, 7) is 2.42. The van der Waals surface area contributed by atoms with Crippen LogP contribution in [0.2, 0.25) is 0 Å². The van der Waals surface area contributed by atoms with Crippen LogP contribution in [-0.2, 0) is 9.53 Å². The molecule has 1 fully saturated rings. The van der Waals surface area contributed by atoms with Crippen LogP contribution in [0.15, 0.2) is 18.3 Å². The maximum Gasteiger partial charge on any atom is 0.254 e. The fourth-order valence-electron chi connectivity index (χ4n) is 1.95. The van der Waals surface area contributed by atoms with Gasteiger partial charge in [-0.05, 0) is 24.5 Å². The van der Waals surface area contributed by atoms with Crippen molar-refractivity contribution >= 4 is 11.7 Å². The van der Waals surface area contributed by atoms with Gasteiger partial charge in [-0.15, -0.1) is 0 Å². The van der Waals surface area contributed by atoms with E-state index in [1.165, 1.54) is 0 Å². The summed E-state index contributed by atoms with van der Waals surface area (Å²) >= 11 is 0. The van der Waals surface area contributed by atoms with Gasteiger partial charge in [-0.3, -0.25) is 4.79 Å². The van der Waals surface area contributed by atoms with Crippen molar-refractivity contribution in [3.05, 3.63) is 23.9 Å². The number of nitrogens with zero attached hydrogens (tertiary/aromatic N) is 1. The number of hydrogen-bond acceptors (Lipinski definition) is 4. The second-order valence-electron chi connectivity index (χ2n) is 4.44. The maximum absolute atomic E-state index is 12.0. The van der Waals surface area contributed by atoms with Crippen LogP contribution < -0.4 is 5.32 Å². The van der Waals surface area contributed by atoms with Crippen molar-refractivity contribution in [2.75, 3.05) is 18.5 Å². The first-order chi connectivity index (χ1) is 9.20. The van der Waals surface area contributed by atoms with E-state index >= 15 is 0 Å². The predicted octanol–water partition coefficient (Wildman–Crippen LogP) is 0.789. The second kappa shape index (κ2) is 6.32. The molecule has 2 N–H and O–H groups in total. The number of carbonyl (C=O) groups is 1. The van der Waals surface area contributed by atoms with Crippen LogP contribution in [0.25, 0.3) is 0 Å². The molecule has 100 valence electrons. The third-order valence-corrected chi connectivity index (χ3v) is 2.97. The Labute approximate surface area is 112 Å². The van der Waals surface area contributed by atoms with Gasteiger partial charge in [-0.2, -0.15) is 0 Å². The number of pyridine rings is 1. The maximum atomic E-state index is 12.0. The number of carbonyl (C=O) groups excluding carboxylic acids is 1. The van der Waals surface area contributed by atoms with Crippen molar-refractivity contribution in [2.24, 2.45) is 5.92 Å². The van der Waals surface area contributed by atoms with Gasteiger partial charge < -0.3 is 15.2 Å². The molecule has 1 amide bonds. The van der Waals surface area contributed by atoms with Gasteiger partial charge in [0.2, 0.25) is 0 Å². The van der Waals surface area contributed by atoms with Crippen molar-refractivity contribution in [3.8, 4) is 11.8 Å². The topological polar surface area (TPSA) is 71.5 Å². The van der Waals surface area contributed by atoms with E-state index in [4.69, 9.17) is 9.84 Å². The standard InChI is InChI=1S/C14H16N2O3/c1-10-5-8-19-13(10)14(18)16-12-9-11(3-2-7-17)4-6-15-12/h4,6,9-10,13,17H,5,7-8H2,1H3,(H,15,16,18). The Morgan fingerprint density at radius 1 is 1.68 bits per heavy atom. The van der Waals surface area contributed by atoms with Crippen LogP contribution in [-0.4, -0.2) is 35.3 Å². The molecule has 1 saturated heterocycles. The number of rotatable bonds is 2. The third-order valence-electron chi connectivity index (χ3n) is 2.97. The second-order valence-corrected chi connectivity index (χ2v) is 4.44. The van der Waals surface area contributed by atoms with Gasteiger partial charge in [-0.25, -0.2) is 4.98 Å². The number of aliphatic hydroxyl groups is 1. The number of nitrogens with one attached hydrogen (secondary N) is 1. The fraction of sp³-hybridized carbons (Fsp3) is 0.429. The average Bonchev–Trinajstić information content (AvgIpc) is 2.83. The van der Waals surface area contributed by atoms with Crippen LogP contribution in [0, 0.1) is 17.8 Å². The van der Waals surface area contributed by atoms with Gasteiger partial charge in [0, 0.05) is 18.4 Å². The quantitative estimate of drug-likeness (QED) is 0.771. The smallest absolute Gasteiger partial charge is 0.254 e. The minimum absolute atomic E-state index is 0.176. The van der Waals surface area contributed by atoms with Gasteiger partial charge in [0.25, 0.3) is 5.91 Å². The van der Waals surface area contributed by atoms with Gasteiger partial charge in [0.05, 0.1) is 0 Å². The van der Waals surface area contributed by atoms with E-state index in [0.717, 1.165) is 6.42 Å². The number of ether oxygens (including phenoxy) is 1. The molecule has 2 atom stereocenters. The lowest BCUT2D eigenvalue weighted by Gasteiger charge is -2.13. The fourth-order valence-corrected chi connectivity index (χ4v) is 1.95. The molecule has 1 aromatic rings. The molecule has 0 aromatic carbocycles. The van der Waals surface area contributed by atoms with Crippen molar-refractivity contribution in [2.45, 2.75) is 19.4 Å². The SMILES string of the molecule is CC1CCOC1C(=O)Nc1cc(C#CCO)ccn1. The zero-order chi connectivity index (χ0) is 13.7. The molecule has 5 nitrogen and oxygen atoms in total. The average molecular weight is 260 g/mol. The van der Waals surface area contributed by atoms with E-state index in [1.807, 2.05) is 6.92 Å². The van der Waals surface area contributed by atoms with Crippen molar-refractivity contribution in [3.63, 3.8) is 0 Å². The zero-order valence-corrected chi connectivity index (χ0v) is 10.7. The van der Waals surface area contributed by atoms with Crippen molar-refractivity contribution in [1.29, 1.82) is 0 Å². The van der Waals surface area contributed by atoms with Gasteiger partial charge in [0.1, 0.15) is 18.5 Å². The van der Waals surface area contributed by atoms with E-state index < -0.39 is 6.10 Å². The lowest BCUT2D eigenvalue weighted by molar-refractivity contribution is -0.126. The summed E-state index contributed by atoms with van der Waals surface area (Å²) < 4.78 is 5.39. The van der Waals surface area contributed by atoms with Gasteiger partial charge in [0.15, 0.2) is 0 Å². The normalized spacial score (nSPS) is 21.6. The first-order valence-electron chi connectivity index (χ1n) is 6.19. The molecule has 5 heteroatoms. The third kappa shape index (κ3) is 3.53. The molecule has 0 bridgehead atoms. The van der Waals surface area contributed by atoms with Crippen LogP contribution in [0.4, 0.5) is 5.82 Å². The number of aliphatic hydroxyl groups excluding tert-OH is 1. The molecule has 2 rings (SSSR count). The molecule has 1 aliphatic heterocycles. The highest BCUT2D eigenvalue weighted by atomic mass is 16.5.